The third-order valence-corrected chi connectivity index (χ3v) is 6.26. The molecule has 3 aromatic rings. The normalized spacial score (nSPS) is 23.3. The Morgan fingerprint density at radius 2 is 1.70 bits per heavy atom. The van der Waals surface area contributed by atoms with Crippen LogP contribution < -0.4 is 5.06 Å². The van der Waals surface area contributed by atoms with Crippen LogP contribution in [0.25, 0.3) is 0 Å². The zero-order valence-corrected chi connectivity index (χ0v) is 18.1. The Bertz CT molecular complexity index is 1120. The van der Waals surface area contributed by atoms with Crippen LogP contribution >= 0.6 is 0 Å². The average molecular weight is 444 g/mol. The smallest absolute Gasteiger partial charge is 0.269 e. The van der Waals surface area contributed by atoms with E-state index in [0.29, 0.717) is 0 Å². The molecule has 3 atom stereocenters. The first-order chi connectivity index (χ1) is 16.2. The van der Waals surface area contributed by atoms with Gasteiger partial charge >= 0.3 is 0 Å². The van der Waals surface area contributed by atoms with Gasteiger partial charge in [-0.2, -0.15) is 0 Å². The molecule has 0 aromatic heterocycles. The van der Waals surface area contributed by atoms with E-state index in [4.69, 9.17) is 9.68 Å². The van der Waals surface area contributed by atoms with Crippen LogP contribution in [0.2, 0.25) is 0 Å². The van der Waals surface area contributed by atoms with Crippen LogP contribution in [0, 0.1) is 16.0 Å². The van der Waals surface area contributed by atoms with Crippen molar-refractivity contribution in [3.05, 3.63) is 106 Å². The number of fused-ring (bicyclic) bond motifs is 1. The second kappa shape index (κ2) is 9.42. The van der Waals surface area contributed by atoms with Crippen molar-refractivity contribution >= 4 is 17.1 Å². The van der Waals surface area contributed by atoms with Gasteiger partial charge in [0, 0.05) is 12.1 Å². The third-order valence-electron chi connectivity index (χ3n) is 6.26. The first kappa shape index (κ1) is 21.2. The summed E-state index contributed by atoms with van der Waals surface area (Å²) in [5, 5.41) is 17.4. The van der Waals surface area contributed by atoms with E-state index in [2.05, 4.69) is 41.6 Å². The Morgan fingerprint density at radius 3 is 2.39 bits per heavy atom. The van der Waals surface area contributed by atoms with Crippen LogP contribution in [-0.2, 0) is 16.3 Å². The second-order valence-corrected chi connectivity index (χ2v) is 8.36. The molecule has 1 saturated carbocycles. The van der Waals surface area contributed by atoms with E-state index in [9.17, 15) is 10.1 Å². The number of benzene rings is 3. The van der Waals surface area contributed by atoms with Crippen LogP contribution in [0.4, 0.5) is 11.4 Å². The van der Waals surface area contributed by atoms with Crippen LogP contribution in [0.15, 0.2) is 90.1 Å². The molecule has 1 aliphatic carbocycles. The second-order valence-electron chi connectivity index (χ2n) is 8.36. The van der Waals surface area contributed by atoms with Gasteiger partial charge < -0.3 is 4.84 Å². The van der Waals surface area contributed by atoms with Crippen LogP contribution in [-0.4, -0.2) is 16.7 Å². The standard InChI is InChI=1S/C26H25N3O4/c30-29(31)22-16-14-19(15-17-22)18-32-27-23-12-7-13-24-25(23)26(20-8-3-1-4-9-20)28(33-24)21-10-5-2-6-11-21/h1-6,8-11,14-17,24-26H,7,12-13,18H2/b27-23-/t24-,25+,26+/m0/s1. The lowest BCUT2D eigenvalue weighted by Crippen LogP contribution is -2.33. The Balaban J connectivity index is 1.40. The lowest BCUT2D eigenvalue weighted by molar-refractivity contribution is -0.384. The zero-order valence-electron chi connectivity index (χ0n) is 18.1. The molecule has 7 heteroatoms. The molecular formula is C26H25N3O4. The Labute approximate surface area is 192 Å². The van der Waals surface area contributed by atoms with E-state index < -0.39 is 4.92 Å². The van der Waals surface area contributed by atoms with Crippen LogP contribution in [0.1, 0.15) is 36.4 Å². The molecule has 1 aliphatic heterocycles. The first-order valence-corrected chi connectivity index (χ1v) is 11.2. The first-order valence-electron chi connectivity index (χ1n) is 11.2. The minimum Gasteiger partial charge on any atom is -0.391 e. The average Bonchev–Trinajstić information content (AvgIpc) is 3.26. The quantitative estimate of drug-likeness (QED) is 0.354. The van der Waals surface area contributed by atoms with E-state index in [1.807, 2.05) is 29.3 Å². The van der Waals surface area contributed by atoms with Gasteiger partial charge in [0.25, 0.3) is 5.69 Å². The zero-order chi connectivity index (χ0) is 22.6. The number of anilines is 1. The molecule has 0 bridgehead atoms. The molecule has 0 N–H and O–H groups in total. The maximum absolute atomic E-state index is 10.9. The number of hydrogen-bond donors (Lipinski definition) is 0. The topological polar surface area (TPSA) is 77.2 Å². The minimum atomic E-state index is -0.407. The monoisotopic (exact) mass is 443 g/mol. The minimum absolute atomic E-state index is 0.000579. The molecule has 7 nitrogen and oxygen atoms in total. The predicted octanol–water partition coefficient (Wildman–Crippen LogP) is 5.83. The molecule has 1 heterocycles. The Morgan fingerprint density at radius 1 is 1.00 bits per heavy atom. The van der Waals surface area contributed by atoms with Gasteiger partial charge in [0.2, 0.25) is 0 Å². The summed E-state index contributed by atoms with van der Waals surface area (Å²) in [4.78, 5) is 22.7. The number of nitrogens with zero attached hydrogens (tertiary/aromatic N) is 3. The van der Waals surface area contributed by atoms with Crippen LogP contribution in [0.3, 0.4) is 0 Å². The summed E-state index contributed by atoms with van der Waals surface area (Å²) >= 11 is 0. The van der Waals surface area contributed by atoms with Crippen LogP contribution in [0.5, 0.6) is 0 Å². The summed E-state index contributed by atoms with van der Waals surface area (Å²) in [6.45, 7) is 0.262. The van der Waals surface area contributed by atoms with E-state index >= 15 is 0 Å². The molecule has 0 spiro atoms. The van der Waals surface area contributed by atoms with Crippen molar-refractivity contribution in [1.82, 2.24) is 0 Å². The molecule has 0 amide bonds. The summed E-state index contributed by atoms with van der Waals surface area (Å²) in [6, 6.07) is 26.9. The fraction of sp³-hybridized carbons (Fsp3) is 0.269. The highest BCUT2D eigenvalue weighted by Gasteiger charge is 2.48. The molecular weight excluding hydrogens is 418 g/mol. The summed E-state index contributed by atoms with van der Waals surface area (Å²) in [6.07, 6.45) is 2.85. The molecule has 2 fully saturated rings. The maximum atomic E-state index is 10.9. The molecule has 1 saturated heterocycles. The molecule has 0 radical (unpaired) electrons. The van der Waals surface area contributed by atoms with Crippen molar-refractivity contribution < 1.29 is 14.6 Å². The lowest BCUT2D eigenvalue weighted by atomic mass is 9.78. The van der Waals surface area contributed by atoms with Crippen molar-refractivity contribution in [3.8, 4) is 0 Å². The molecule has 168 valence electrons. The third kappa shape index (κ3) is 4.45. The van der Waals surface area contributed by atoms with E-state index in [1.54, 1.807) is 12.1 Å². The van der Waals surface area contributed by atoms with Crippen molar-refractivity contribution in [2.45, 2.75) is 38.0 Å². The predicted molar refractivity (Wildman–Crippen MR) is 126 cm³/mol. The molecule has 5 rings (SSSR count). The number of para-hydroxylation sites is 1. The van der Waals surface area contributed by atoms with Gasteiger partial charge in [0.05, 0.1) is 34.4 Å². The highest BCUT2D eigenvalue weighted by atomic mass is 16.7. The number of oxime groups is 1. The van der Waals surface area contributed by atoms with Crippen molar-refractivity contribution in [2.24, 2.45) is 11.1 Å². The number of nitro groups is 1. The number of hydrogen-bond acceptors (Lipinski definition) is 6. The van der Waals surface area contributed by atoms with Crippen molar-refractivity contribution in [1.29, 1.82) is 0 Å². The summed E-state index contributed by atoms with van der Waals surface area (Å²) in [5.74, 6) is 0.0817. The number of hydroxylamine groups is 1. The van der Waals surface area contributed by atoms with Gasteiger partial charge in [0.1, 0.15) is 6.61 Å². The van der Waals surface area contributed by atoms with Gasteiger partial charge in [-0.05, 0) is 54.7 Å². The SMILES string of the molecule is O=[N+]([O-])c1ccc(CO/N=C2/CCC[C@@H]3ON(c4ccccc4)[C@H](c4ccccc4)[C@H]23)cc1. The van der Waals surface area contributed by atoms with Gasteiger partial charge in [-0.15, -0.1) is 0 Å². The summed E-state index contributed by atoms with van der Waals surface area (Å²) < 4.78 is 0. The Hall–Kier alpha value is -3.71. The fourth-order valence-electron chi connectivity index (χ4n) is 4.71. The number of rotatable bonds is 6. The Kier molecular flexibility index (Phi) is 6.04. The van der Waals surface area contributed by atoms with Crippen molar-refractivity contribution in [3.63, 3.8) is 0 Å². The highest BCUT2D eigenvalue weighted by Crippen LogP contribution is 2.47. The number of non-ortho nitro benzene ring substituents is 1. The van der Waals surface area contributed by atoms with E-state index in [0.717, 1.165) is 36.2 Å². The largest absolute Gasteiger partial charge is 0.391 e. The van der Waals surface area contributed by atoms with Gasteiger partial charge in [0.15, 0.2) is 0 Å². The van der Waals surface area contributed by atoms with Gasteiger partial charge in [-0.25, -0.2) is 5.06 Å². The summed E-state index contributed by atoms with van der Waals surface area (Å²) in [5.41, 5.74) is 4.10. The molecule has 3 aromatic carbocycles. The lowest BCUT2D eigenvalue weighted by Gasteiger charge is -2.29. The molecule has 0 unspecified atom stereocenters. The molecule has 33 heavy (non-hydrogen) atoms. The highest BCUT2D eigenvalue weighted by molar-refractivity contribution is 5.89. The summed E-state index contributed by atoms with van der Waals surface area (Å²) in [7, 11) is 0. The van der Waals surface area contributed by atoms with Gasteiger partial charge in [-0.3, -0.25) is 15.0 Å². The fourth-order valence-corrected chi connectivity index (χ4v) is 4.71. The maximum Gasteiger partial charge on any atom is 0.269 e. The van der Waals surface area contributed by atoms with E-state index in [-0.39, 0.29) is 30.4 Å². The van der Waals surface area contributed by atoms with E-state index in [1.165, 1.54) is 17.7 Å². The number of nitro benzene ring substituents is 1. The van der Waals surface area contributed by atoms with Gasteiger partial charge in [-0.1, -0.05) is 53.7 Å². The molecule has 2 aliphatic rings. The van der Waals surface area contributed by atoms with Crippen molar-refractivity contribution in [2.75, 3.05) is 5.06 Å².